The quantitative estimate of drug-likeness (QED) is 0.818. The van der Waals surface area contributed by atoms with Crippen molar-refractivity contribution in [3.63, 3.8) is 0 Å². The van der Waals surface area contributed by atoms with E-state index in [9.17, 15) is 14.1 Å². The first-order valence-corrected chi connectivity index (χ1v) is 8.21. The van der Waals surface area contributed by atoms with Crippen LogP contribution in [0.2, 0.25) is 0 Å². The Morgan fingerprint density at radius 3 is 2.22 bits per heavy atom. The van der Waals surface area contributed by atoms with Crippen LogP contribution in [0, 0.1) is 5.92 Å². The smallest absolute Gasteiger partial charge is 0.306 e. The number of aliphatic hydroxyl groups is 1. The van der Waals surface area contributed by atoms with Crippen LogP contribution in [-0.2, 0) is 15.6 Å². The van der Waals surface area contributed by atoms with Gasteiger partial charge in [0.25, 0.3) is 0 Å². The molecule has 4 nitrogen and oxygen atoms in total. The monoisotopic (exact) mass is 274 g/mol. The van der Waals surface area contributed by atoms with Crippen LogP contribution in [-0.4, -0.2) is 37.0 Å². The van der Waals surface area contributed by atoms with Crippen molar-refractivity contribution in [2.45, 2.75) is 62.2 Å². The third kappa shape index (κ3) is 3.32. The predicted molar refractivity (Wildman–Crippen MR) is 69.8 cm³/mol. The van der Waals surface area contributed by atoms with Gasteiger partial charge in [-0.2, -0.15) is 0 Å². The molecule has 1 unspecified atom stereocenters. The highest BCUT2D eigenvalue weighted by Gasteiger charge is 2.38. The molecule has 0 spiro atoms. The summed E-state index contributed by atoms with van der Waals surface area (Å²) in [7, 11) is -0.952. The van der Waals surface area contributed by atoms with Crippen molar-refractivity contribution >= 4 is 16.8 Å². The highest BCUT2D eigenvalue weighted by atomic mass is 32.2. The lowest BCUT2D eigenvalue weighted by molar-refractivity contribution is -0.144. The minimum Gasteiger partial charge on any atom is -0.481 e. The molecule has 0 aromatic heterocycles. The maximum absolute atomic E-state index is 12.2. The summed E-state index contributed by atoms with van der Waals surface area (Å²) in [5.74, 6) is -0.761. The van der Waals surface area contributed by atoms with Gasteiger partial charge in [0, 0.05) is 16.0 Å². The molecular weight excluding hydrogens is 252 g/mol. The fourth-order valence-electron chi connectivity index (χ4n) is 3.08. The second-order valence-electron chi connectivity index (χ2n) is 5.77. The SMILES string of the molecule is O=C(O)C1CCC(O)(CS(=O)C2CCCC2)CC1. The number of hydrogen-bond acceptors (Lipinski definition) is 3. The van der Waals surface area contributed by atoms with E-state index >= 15 is 0 Å². The van der Waals surface area contributed by atoms with Crippen LogP contribution in [0.15, 0.2) is 0 Å². The molecule has 0 heterocycles. The number of carbonyl (C=O) groups is 1. The summed E-state index contributed by atoms with van der Waals surface area (Å²) in [4.78, 5) is 10.9. The van der Waals surface area contributed by atoms with Gasteiger partial charge in [-0.15, -0.1) is 0 Å². The van der Waals surface area contributed by atoms with Crippen molar-refractivity contribution in [3.05, 3.63) is 0 Å². The number of carboxylic acid groups (broad SMARTS) is 1. The molecule has 0 aromatic rings. The van der Waals surface area contributed by atoms with Gasteiger partial charge in [-0.1, -0.05) is 12.8 Å². The lowest BCUT2D eigenvalue weighted by Crippen LogP contribution is -2.42. The fourth-order valence-corrected chi connectivity index (χ4v) is 4.99. The van der Waals surface area contributed by atoms with Crippen LogP contribution in [0.1, 0.15) is 51.4 Å². The maximum atomic E-state index is 12.2. The molecule has 2 fully saturated rings. The standard InChI is InChI=1S/C13H22O4S/c14-12(15)10-5-7-13(16,8-6-10)9-18(17)11-3-1-2-4-11/h10-11,16H,1-9H2,(H,14,15). The van der Waals surface area contributed by atoms with E-state index in [-0.39, 0.29) is 11.2 Å². The summed E-state index contributed by atoms with van der Waals surface area (Å²) in [6.45, 7) is 0. The lowest BCUT2D eigenvalue weighted by Gasteiger charge is -2.34. The van der Waals surface area contributed by atoms with Crippen molar-refractivity contribution in [1.29, 1.82) is 0 Å². The molecule has 1 atom stereocenters. The molecule has 2 aliphatic carbocycles. The molecule has 2 N–H and O–H groups in total. The topological polar surface area (TPSA) is 74.6 Å². The molecule has 0 amide bonds. The molecule has 5 heteroatoms. The Bertz CT molecular complexity index is 328. The molecular formula is C13H22O4S. The summed E-state index contributed by atoms with van der Waals surface area (Å²) in [5, 5.41) is 19.6. The second kappa shape index (κ2) is 5.70. The molecule has 0 aliphatic heterocycles. The van der Waals surface area contributed by atoms with E-state index in [2.05, 4.69) is 0 Å². The molecule has 0 radical (unpaired) electrons. The summed E-state index contributed by atoms with van der Waals surface area (Å²) in [6.07, 6.45) is 6.29. The Morgan fingerprint density at radius 2 is 1.72 bits per heavy atom. The normalized spacial score (nSPS) is 35.5. The van der Waals surface area contributed by atoms with E-state index in [1.807, 2.05) is 0 Å². The maximum Gasteiger partial charge on any atom is 0.306 e. The first kappa shape index (κ1) is 14.0. The number of aliphatic carboxylic acids is 1. The number of hydrogen-bond donors (Lipinski definition) is 2. The molecule has 18 heavy (non-hydrogen) atoms. The van der Waals surface area contributed by atoms with Crippen molar-refractivity contribution in [2.24, 2.45) is 5.92 Å². The van der Waals surface area contributed by atoms with Crippen molar-refractivity contribution in [1.82, 2.24) is 0 Å². The highest BCUT2D eigenvalue weighted by molar-refractivity contribution is 7.85. The van der Waals surface area contributed by atoms with Crippen LogP contribution in [0.3, 0.4) is 0 Å². The molecule has 104 valence electrons. The van der Waals surface area contributed by atoms with E-state index in [0.717, 1.165) is 25.7 Å². The van der Waals surface area contributed by atoms with E-state index < -0.39 is 22.4 Å². The van der Waals surface area contributed by atoms with Crippen LogP contribution in [0.25, 0.3) is 0 Å². The Labute approximate surface area is 110 Å². The van der Waals surface area contributed by atoms with E-state index in [1.165, 1.54) is 0 Å². The van der Waals surface area contributed by atoms with Gasteiger partial charge in [0.15, 0.2) is 0 Å². The summed E-state index contributed by atoms with van der Waals surface area (Å²) in [6, 6.07) is 0. The van der Waals surface area contributed by atoms with Crippen molar-refractivity contribution < 1.29 is 19.2 Å². The molecule has 2 aliphatic rings. The zero-order chi connectivity index (χ0) is 13.2. The minimum atomic E-state index is -0.952. The third-order valence-corrected chi connectivity index (χ3v) is 6.39. The third-order valence-electron chi connectivity index (χ3n) is 4.35. The van der Waals surface area contributed by atoms with Crippen LogP contribution in [0.4, 0.5) is 0 Å². The molecule has 2 rings (SSSR count). The Morgan fingerprint density at radius 1 is 1.17 bits per heavy atom. The largest absolute Gasteiger partial charge is 0.481 e. The predicted octanol–water partition coefficient (Wildman–Crippen LogP) is 1.68. The highest BCUT2D eigenvalue weighted by Crippen LogP contribution is 2.34. The zero-order valence-electron chi connectivity index (χ0n) is 10.6. The van der Waals surface area contributed by atoms with Gasteiger partial charge in [0.05, 0.1) is 17.3 Å². The molecule has 0 bridgehead atoms. The van der Waals surface area contributed by atoms with Gasteiger partial charge in [0.1, 0.15) is 0 Å². The van der Waals surface area contributed by atoms with Crippen LogP contribution in [0.5, 0.6) is 0 Å². The Hall–Kier alpha value is -0.420. The van der Waals surface area contributed by atoms with Crippen molar-refractivity contribution in [3.8, 4) is 0 Å². The van der Waals surface area contributed by atoms with Gasteiger partial charge >= 0.3 is 5.97 Å². The lowest BCUT2D eigenvalue weighted by atomic mass is 9.80. The first-order valence-electron chi connectivity index (χ1n) is 6.82. The first-order chi connectivity index (χ1) is 8.50. The molecule has 0 saturated heterocycles. The van der Waals surface area contributed by atoms with Crippen LogP contribution < -0.4 is 0 Å². The van der Waals surface area contributed by atoms with Gasteiger partial charge in [-0.05, 0) is 38.5 Å². The Balaban J connectivity index is 1.85. The van der Waals surface area contributed by atoms with E-state index in [0.29, 0.717) is 31.4 Å². The van der Waals surface area contributed by atoms with E-state index in [4.69, 9.17) is 5.11 Å². The summed E-state index contributed by atoms with van der Waals surface area (Å²) < 4.78 is 12.2. The van der Waals surface area contributed by atoms with E-state index in [1.54, 1.807) is 0 Å². The zero-order valence-corrected chi connectivity index (χ0v) is 11.5. The summed E-state index contributed by atoms with van der Waals surface area (Å²) in [5.41, 5.74) is -0.889. The number of rotatable bonds is 4. The van der Waals surface area contributed by atoms with Crippen LogP contribution >= 0.6 is 0 Å². The van der Waals surface area contributed by atoms with Gasteiger partial charge in [-0.25, -0.2) is 0 Å². The van der Waals surface area contributed by atoms with Gasteiger partial charge in [-0.3, -0.25) is 9.00 Å². The van der Waals surface area contributed by atoms with Crippen molar-refractivity contribution in [2.75, 3.05) is 5.75 Å². The Kier molecular flexibility index (Phi) is 4.43. The minimum absolute atomic E-state index is 0.256. The van der Waals surface area contributed by atoms with Gasteiger partial charge in [0.2, 0.25) is 0 Å². The number of carboxylic acids is 1. The van der Waals surface area contributed by atoms with Gasteiger partial charge < -0.3 is 10.2 Å². The average Bonchev–Trinajstić information content (AvgIpc) is 2.82. The summed E-state index contributed by atoms with van der Waals surface area (Å²) >= 11 is 0. The molecule has 2 saturated carbocycles. The molecule has 0 aromatic carbocycles. The second-order valence-corrected chi connectivity index (χ2v) is 7.49. The average molecular weight is 274 g/mol. The fraction of sp³-hybridized carbons (Fsp3) is 0.923.